The Bertz CT molecular complexity index is 120. The Balaban J connectivity index is 2.51. The van der Waals surface area contributed by atoms with Gasteiger partial charge in [-0.25, -0.2) is 0 Å². The van der Waals surface area contributed by atoms with E-state index in [-0.39, 0.29) is 0 Å². The second-order valence-electron chi connectivity index (χ2n) is 4.19. The molecule has 1 heterocycles. The lowest BCUT2D eigenvalue weighted by Crippen LogP contribution is -2.46. The van der Waals surface area contributed by atoms with Crippen LogP contribution in [0.15, 0.2) is 0 Å². The molecule has 0 aliphatic carbocycles. The van der Waals surface area contributed by atoms with Crippen LogP contribution in [0.5, 0.6) is 0 Å². The number of hydrogen-bond donors (Lipinski definition) is 0. The maximum Gasteiger partial charge on any atom is 0.00952 e. The fourth-order valence-electron chi connectivity index (χ4n) is 2.10. The van der Waals surface area contributed by atoms with E-state index in [0.717, 1.165) is 18.0 Å². The summed E-state index contributed by atoms with van der Waals surface area (Å²) in [7, 11) is 0. The number of nitrogens with zero attached hydrogens (tertiary/aromatic N) is 1. The van der Waals surface area contributed by atoms with Crippen molar-refractivity contribution >= 4 is 0 Å². The van der Waals surface area contributed by atoms with Gasteiger partial charge in [0.2, 0.25) is 0 Å². The highest BCUT2D eigenvalue weighted by Crippen LogP contribution is 2.24. The van der Waals surface area contributed by atoms with Crippen LogP contribution in [0.1, 0.15) is 40.5 Å². The molecule has 1 heteroatoms. The van der Waals surface area contributed by atoms with Gasteiger partial charge in [0.15, 0.2) is 0 Å². The summed E-state index contributed by atoms with van der Waals surface area (Å²) < 4.78 is 0. The Hall–Kier alpha value is -0.0400. The fraction of sp³-hybridized carbons (Fsp3) is 1.00. The van der Waals surface area contributed by atoms with Crippen molar-refractivity contribution in [1.29, 1.82) is 0 Å². The molecule has 2 atom stereocenters. The summed E-state index contributed by atoms with van der Waals surface area (Å²) >= 11 is 0. The molecular weight excluding hydrogens is 134 g/mol. The molecule has 0 bridgehead atoms. The van der Waals surface area contributed by atoms with Gasteiger partial charge in [-0.1, -0.05) is 6.92 Å². The molecule has 1 rings (SSSR count). The average Bonchev–Trinajstić information content (AvgIpc) is 1.94. The van der Waals surface area contributed by atoms with Gasteiger partial charge in [0.25, 0.3) is 0 Å². The fourth-order valence-corrected chi connectivity index (χ4v) is 2.10. The smallest absolute Gasteiger partial charge is 0.00952 e. The molecule has 0 saturated carbocycles. The Kier molecular flexibility index (Phi) is 2.94. The second-order valence-corrected chi connectivity index (χ2v) is 4.19. The monoisotopic (exact) mass is 155 g/mol. The van der Waals surface area contributed by atoms with Crippen molar-refractivity contribution in [1.82, 2.24) is 4.90 Å². The molecule has 1 fully saturated rings. The molecule has 66 valence electrons. The predicted molar refractivity (Wildman–Crippen MR) is 49.7 cm³/mol. The van der Waals surface area contributed by atoms with Gasteiger partial charge in [-0.2, -0.15) is 0 Å². The minimum atomic E-state index is 0.729. The van der Waals surface area contributed by atoms with Crippen LogP contribution >= 0.6 is 0 Å². The summed E-state index contributed by atoms with van der Waals surface area (Å²) in [6.45, 7) is 10.6. The van der Waals surface area contributed by atoms with E-state index in [2.05, 4.69) is 32.6 Å². The third-order valence-electron chi connectivity index (χ3n) is 3.09. The summed E-state index contributed by atoms with van der Waals surface area (Å²) in [5.41, 5.74) is 0. The summed E-state index contributed by atoms with van der Waals surface area (Å²) in [4.78, 5) is 2.62. The molecule has 0 aromatic carbocycles. The lowest BCUT2D eigenvalue weighted by molar-refractivity contribution is 0.0830. The number of hydrogen-bond acceptors (Lipinski definition) is 1. The molecule has 0 unspecified atom stereocenters. The zero-order chi connectivity index (χ0) is 8.43. The number of likely N-dealkylation sites (tertiary alicyclic amines) is 1. The van der Waals surface area contributed by atoms with Gasteiger partial charge >= 0.3 is 0 Å². The Morgan fingerprint density at radius 1 is 1.27 bits per heavy atom. The van der Waals surface area contributed by atoms with Gasteiger partial charge in [0.05, 0.1) is 0 Å². The van der Waals surface area contributed by atoms with Gasteiger partial charge < -0.3 is 0 Å². The molecule has 1 saturated heterocycles. The largest absolute Gasteiger partial charge is 0.298 e. The SMILES string of the molecule is CC(C)N1CCC[C@@H](C)[C@H]1C. The van der Waals surface area contributed by atoms with E-state index < -0.39 is 0 Å². The quantitative estimate of drug-likeness (QED) is 0.562. The Morgan fingerprint density at radius 2 is 1.91 bits per heavy atom. The molecule has 11 heavy (non-hydrogen) atoms. The van der Waals surface area contributed by atoms with E-state index in [0.29, 0.717) is 0 Å². The van der Waals surface area contributed by atoms with Crippen LogP contribution in [-0.2, 0) is 0 Å². The van der Waals surface area contributed by atoms with Crippen LogP contribution in [0.4, 0.5) is 0 Å². The van der Waals surface area contributed by atoms with Crippen molar-refractivity contribution in [2.75, 3.05) is 6.54 Å². The van der Waals surface area contributed by atoms with Crippen LogP contribution in [0.3, 0.4) is 0 Å². The first-order valence-corrected chi connectivity index (χ1v) is 4.88. The van der Waals surface area contributed by atoms with E-state index in [9.17, 15) is 0 Å². The molecule has 0 N–H and O–H groups in total. The van der Waals surface area contributed by atoms with Crippen LogP contribution < -0.4 is 0 Å². The van der Waals surface area contributed by atoms with Crippen molar-refractivity contribution in [3.63, 3.8) is 0 Å². The summed E-state index contributed by atoms with van der Waals surface area (Å²) in [6, 6.07) is 1.52. The van der Waals surface area contributed by atoms with Crippen LogP contribution in [-0.4, -0.2) is 23.5 Å². The Labute approximate surface area is 70.8 Å². The molecule has 1 aliphatic heterocycles. The summed E-state index contributed by atoms with van der Waals surface area (Å²) in [6.07, 6.45) is 2.81. The number of piperidine rings is 1. The topological polar surface area (TPSA) is 3.24 Å². The minimum Gasteiger partial charge on any atom is -0.298 e. The predicted octanol–water partition coefficient (Wildman–Crippen LogP) is 2.52. The zero-order valence-corrected chi connectivity index (χ0v) is 8.30. The van der Waals surface area contributed by atoms with Crippen molar-refractivity contribution < 1.29 is 0 Å². The zero-order valence-electron chi connectivity index (χ0n) is 8.30. The van der Waals surface area contributed by atoms with Gasteiger partial charge in [-0.3, -0.25) is 4.90 Å². The van der Waals surface area contributed by atoms with Crippen LogP contribution in [0.25, 0.3) is 0 Å². The molecular formula is C10H21N. The van der Waals surface area contributed by atoms with Gasteiger partial charge in [-0.15, -0.1) is 0 Å². The third-order valence-corrected chi connectivity index (χ3v) is 3.09. The highest BCUT2D eigenvalue weighted by atomic mass is 15.2. The van der Waals surface area contributed by atoms with Crippen molar-refractivity contribution in [3.05, 3.63) is 0 Å². The third kappa shape index (κ3) is 1.96. The van der Waals surface area contributed by atoms with Crippen LogP contribution in [0, 0.1) is 5.92 Å². The highest BCUT2D eigenvalue weighted by molar-refractivity contribution is 4.80. The summed E-state index contributed by atoms with van der Waals surface area (Å²) in [5.74, 6) is 0.895. The van der Waals surface area contributed by atoms with Crippen molar-refractivity contribution in [2.24, 2.45) is 5.92 Å². The average molecular weight is 155 g/mol. The van der Waals surface area contributed by atoms with E-state index in [1.165, 1.54) is 19.4 Å². The molecule has 1 aliphatic rings. The highest BCUT2D eigenvalue weighted by Gasteiger charge is 2.25. The van der Waals surface area contributed by atoms with Crippen molar-refractivity contribution in [2.45, 2.75) is 52.6 Å². The minimum absolute atomic E-state index is 0.729. The number of rotatable bonds is 1. The van der Waals surface area contributed by atoms with E-state index >= 15 is 0 Å². The van der Waals surface area contributed by atoms with Crippen LogP contribution in [0.2, 0.25) is 0 Å². The maximum atomic E-state index is 2.62. The summed E-state index contributed by atoms with van der Waals surface area (Å²) in [5, 5.41) is 0. The molecule has 0 aromatic rings. The van der Waals surface area contributed by atoms with E-state index in [1.807, 2.05) is 0 Å². The molecule has 0 aromatic heterocycles. The first-order chi connectivity index (χ1) is 5.13. The lowest BCUT2D eigenvalue weighted by atomic mass is 9.91. The Morgan fingerprint density at radius 3 is 2.36 bits per heavy atom. The molecule has 0 spiro atoms. The maximum absolute atomic E-state index is 2.62. The lowest BCUT2D eigenvalue weighted by Gasteiger charge is -2.40. The van der Waals surface area contributed by atoms with E-state index in [1.54, 1.807) is 0 Å². The second kappa shape index (κ2) is 3.57. The normalized spacial score (nSPS) is 34.6. The molecule has 0 radical (unpaired) electrons. The van der Waals surface area contributed by atoms with Gasteiger partial charge in [0, 0.05) is 12.1 Å². The standard InChI is InChI=1S/C10H21N/c1-8(2)11-7-5-6-9(3)10(11)4/h8-10H,5-7H2,1-4H3/t9-,10-/m1/s1. The van der Waals surface area contributed by atoms with Gasteiger partial charge in [0.1, 0.15) is 0 Å². The first-order valence-electron chi connectivity index (χ1n) is 4.88. The first kappa shape index (κ1) is 9.05. The van der Waals surface area contributed by atoms with E-state index in [4.69, 9.17) is 0 Å². The van der Waals surface area contributed by atoms with Crippen molar-refractivity contribution in [3.8, 4) is 0 Å². The van der Waals surface area contributed by atoms with Gasteiger partial charge in [-0.05, 0) is 46.1 Å². The molecule has 0 amide bonds. The molecule has 1 nitrogen and oxygen atoms in total.